The van der Waals surface area contributed by atoms with E-state index in [1.54, 1.807) is 19.0 Å². The van der Waals surface area contributed by atoms with Crippen LogP contribution in [0.15, 0.2) is 42.5 Å². The molecular formula is C19H25N3O. The van der Waals surface area contributed by atoms with E-state index >= 15 is 0 Å². The highest BCUT2D eigenvalue weighted by Gasteiger charge is 2.14. The summed E-state index contributed by atoms with van der Waals surface area (Å²) < 4.78 is 1.90. The largest absolute Gasteiger partial charge is 0.349 e. The molecule has 0 saturated carbocycles. The summed E-state index contributed by atoms with van der Waals surface area (Å²) in [4.78, 5) is 13.6. The molecule has 1 aromatic heterocycles. The highest BCUT2D eigenvalue weighted by atomic mass is 16.2. The van der Waals surface area contributed by atoms with Gasteiger partial charge in [-0.1, -0.05) is 43.3 Å². The number of hydrogen-bond acceptors (Lipinski definition) is 2. The molecule has 4 heteroatoms. The topological polar surface area (TPSA) is 38.1 Å². The Labute approximate surface area is 138 Å². The molecule has 0 N–H and O–H groups in total. The van der Waals surface area contributed by atoms with Gasteiger partial charge in [0.05, 0.1) is 11.4 Å². The van der Waals surface area contributed by atoms with Crippen LogP contribution in [0.5, 0.6) is 0 Å². The number of aryl methyl sites for hydroxylation is 1. The van der Waals surface area contributed by atoms with Gasteiger partial charge in [0.25, 0.3) is 0 Å². The van der Waals surface area contributed by atoms with Gasteiger partial charge in [-0.2, -0.15) is 5.10 Å². The third-order valence-corrected chi connectivity index (χ3v) is 3.99. The van der Waals surface area contributed by atoms with Crippen LogP contribution in [-0.2, 0) is 11.8 Å². The molecule has 1 atom stereocenters. The molecule has 0 fully saturated rings. The minimum absolute atomic E-state index is 0.0122. The first-order valence-electron chi connectivity index (χ1n) is 7.88. The number of carbonyl (C=O) groups is 1. The number of nitrogens with zero attached hydrogens (tertiary/aromatic N) is 3. The van der Waals surface area contributed by atoms with Crippen molar-refractivity contribution in [2.75, 3.05) is 14.1 Å². The lowest BCUT2D eigenvalue weighted by Crippen LogP contribution is -2.27. The van der Waals surface area contributed by atoms with E-state index in [9.17, 15) is 4.79 Å². The molecule has 0 bridgehead atoms. The molecule has 0 radical (unpaired) electrons. The minimum atomic E-state index is -0.0122. The summed E-state index contributed by atoms with van der Waals surface area (Å²) in [6, 6.07) is 12.2. The first kappa shape index (κ1) is 17.0. The maximum Gasteiger partial charge on any atom is 0.225 e. The molecule has 2 rings (SSSR count). The highest BCUT2D eigenvalue weighted by Crippen LogP contribution is 2.23. The second-order valence-corrected chi connectivity index (χ2v) is 6.16. The molecule has 1 aromatic carbocycles. The van der Waals surface area contributed by atoms with Gasteiger partial charge < -0.3 is 4.90 Å². The third kappa shape index (κ3) is 4.09. The molecule has 23 heavy (non-hydrogen) atoms. The van der Waals surface area contributed by atoms with E-state index in [1.165, 1.54) is 0 Å². The van der Waals surface area contributed by atoms with Crippen LogP contribution in [0.3, 0.4) is 0 Å². The van der Waals surface area contributed by atoms with Gasteiger partial charge in [0.15, 0.2) is 0 Å². The molecule has 4 nitrogen and oxygen atoms in total. The monoisotopic (exact) mass is 311 g/mol. The molecule has 0 spiro atoms. The number of allylic oxidation sites excluding steroid dienone is 2. The maximum atomic E-state index is 11.9. The number of hydrogen-bond donors (Lipinski definition) is 0. The summed E-state index contributed by atoms with van der Waals surface area (Å²) in [5.74, 6) is 0.144. The Kier molecular flexibility index (Phi) is 5.37. The standard InChI is InChI=1S/C19H25N3O/c1-14(11-12-15(2)19(23)21(3)4)18-13-17(20-22(18)5)16-9-7-6-8-10-16/h6-11,13,15H,12H2,1-5H3/b14-11+. The Bertz CT molecular complexity index is 699. The van der Waals surface area contributed by atoms with Gasteiger partial charge in [-0.25, -0.2) is 0 Å². The van der Waals surface area contributed by atoms with Crippen LogP contribution in [0, 0.1) is 5.92 Å². The van der Waals surface area contributed by atoms with Crippen molar-refractivity contribution in [1.82, 2.24) is 14.7 Å². The minimum Gasteiger partial charge on any atom is -0.349 e. The van der Waals surface area contributed by atoms with Crippen LogP contribution in [0.2, 0.25) is 0 Å². The maximum absolute atomic E-state index is 11.9. The van der Waals surface area contributed by atoms with E-state index in [0.29, 0.717) is 0 Å². The lowest BCUT2D eigenvalue weighted by atomic mass is 10.0. The van der Waals surface area contributed by atoms with Crippen LogP contribution in [0.1, 0.15) is 26.0 Å². The molecule has 1 heterocycles. The molecule has 0 saturated heterocycles. The molecule has 1 unspecified atom stereocenters. The van der Waals surface area contributed by atoms with Crippen molar-refractivity contribution in [3.8, 4) is 11.3 Å². The molecule has 0 aliphatic rings. The molecule has 0 aliphatic carbocycles. The zero-order valence-corrected chi connectivity index (χ0v) is 14.6. The van der Waals surface area contributed by atoms with E-state index in [-0.39, 0.29) is 11.8 Å². The smallest absolute Gasteiger partial charge is 0.225 e. The first-order valence-corrected chi connectivity index (χ1v) is 7.88. The van der Waals surface area contributed by atoms with E-state index in [2.05, 4.69) is 36.3 Å². The lowest BCUT2D eigenvalue weighted by molar-refractivity contribution is -0.132. The Morgan fingerprint density at radius 1 is 1.30 bits per heavy atom. The fourth-order valence-electron chi connectivity index (χ4n) is 2.59. The number of carbonyl (C=O) groups excluding carboxylic acids is 1. The van der Waals surface area contributed by atoms with Crippen molar-refractivity contribution >= 4 is 11.5 Å². The zero-order valence-electron chi connectivity index (χ0n) is 14.6. The Morgan fingerprint density at radius 3 is 2.57 bits per heavy atom. The van der Waals surface area contributed by atoms with Crippen molar-refractivity contribution in [2.45, 2.75) is 20.3 Å². The lowest BCUT2D eigenvalue weighted by Gasteiger charge is -2.15. The fourth-order valence-corrected chi connectivity index (χ4v) is 2.59. The Morgan fingerprint density at radius 2 is 1.96 bits per heavy atom. The van der Waals surface area contributed by atoms with Gasteiger partial charge in [-0.3, -0.25) is 9.48 Å². The summed E-state index contributed by atoms with van der Waals surface area (Å²) in [6.45, 7) is 4.03. The van der Waals surface area contributed by atoms with Crippen LogP contribution in [-0.4, -0.2) is 34.7 Å². The van der Waals surface area contributed by atoms with Crippen LogP contribution in [0.4, 0.5) is 0 Å². The van der Waals surface area contributed by atoms with E-state index < -0.39 is 0 Å². The Balaban J connectivity index is 2.17. The summed E-state index contributed by atoms with van der Waals surface area (Å²) in [6.07, 6.45) is 2.85. The predicted molar refractivity (Wildman–Crippen MR) is 94.8 cm³/mol. The van der Waals surface area contributed by atoms with Crippen molar-refractivity contribution < 1.29 is 4.79 Å². The number of benzene rings is 1. The average Bonchev–Trinajstić information content (AvgIpc) is 2.94. The van der Waals surface area contributed by atoms with E-state index in [1.807, 2.05) is 36.9 Å². The zero-order chi connectivity index (χ0) is 17.0. The van der Waals surface area contributed by atoms with Crippen molar-refractivity contribution in [3.63, 3.8) is 0 Å². The fraction of sp³-hybridized carbons (Fsp3) is 0.368. The first-order chi connectivity index (χ1) is 10.9. The molecule has 2 aromatic rings. The summed E-state index contributed by atoms with van der Waals surface area (Å²) in [7, 11) is 5.54. The number of rotatable bonds is 5. The summed E-state index contributed by atoms with van der Waals surface area (Å²) >= 11 is 0. The normalized spacial score (nSPS) is 13.0. The van der Waals surface area contributed by atoms with Crippen LogP contribution >= 0.6 is 0 Å². The Hall–Kier alpha value is -2.36. The van der Waals surface area contributed by atoms with Crippen molar-refractivity contribution in [2.24, 2.45) is 13.0 Å². The SMILES string of the molecule is C/C(=C\CC(C)C(=O)N(C)C)c1cc(-c2ccccc2)nn1C. The second kappa shape index (κ2) is 7.27. The van der Waals surface area contributed by atoms with Crippen molar-refractivity contribution in [1.29, 1.82) is 0 Å². The van der Waals surface area contributed by atoms with Gasteiger partial charge in [-0.05, 0) is 25.0 Å². The van der Waals surface area contributed by atoms with Gasteiger partial charge in [0.2, 0.25) is 5.91 Å². The van der Waals surface area contributed by atoms with Gasteiger partial charge >= 0.3 is 0 Å². The highest BCUT2D eigenvalue weighted by molar-refractivity contribution is 5.78. The second-order valence-electron chi connectivity index (χ2n) is 6.16. The quantitative estimate of drug-likeness (QED) is 0.846. The summed E-state index contributed by atoms with van der Waals surface area (Å²) in [5, 5.41) is 4.59. The third-order valence-electron chi connectivity index (χ3n) is 3.99. The molecule has 1 amide bonds. The van der Waals surface area contributed by atoms with Crippen molar-refractivity contribution in [3.05, 3.63) is 48.2 Å². The molecule has 0 aliphatic heterocycles. The average molecular weight is 311 g/mol. The van der Waals surface area contributed by atoms with Crippen LogP contribution < -0.4 is 0 Å². The number of amides is 1. The van der Waals surface area contributed by atoms with E-state index in [4.69, 9.17) is 0 Å². The van der Waals surface area contributed by atoms with Gasteiger partial charge in [0.1, 0.15) is 0 Å². The number of aromatic nitrogens is 2. The molecular weight excluding hydrogens is 286 g/mol. The van der Waals surface area contributed by atoms with Gasteiger partial charge in [-0.15, -0.1) is 0 Å². The predicted octanol–water partition coefficient (Wildman–Crippen LogP) is 3.60. The van der Waals surface area contributed by atoms with E-state index in [0.717, 1.165) is 28.9 Å². The summed E-state index contributed by atoms with van der Waals surface area (Å²) in [5.41, 5.74) is 4.29. The van der Waals surface area contributed by atoms with Crippen LogP contribution in [0.25, 0.3) is 16.8 Å². The molecule has 122 valence electrons. The van der Waals surface area contributed by atoms with Gasteiger partial charge in [0, 0.05) is 32.6 Å².